The summed E-state index contributed by atoms with van der Waals surface area (Å²) in [5.74, 6) is 1.82. The van der Waals surface area contributed by atoms with E-state index in [2.05, 4.69) is 15.5 Å². The lowest BCUT2D eigenvalue weighted by Gasteiger charge is -2.10. The van der Waals surface area contributed by atoms with Gasteiger partial charge in [0.2, 0.25) is 0 Å². The number of furan rings is 1. The Balaban J connectivity index is 1.38. The minimum atomic E-state index is -0.300. The minimum absolute atomic E-state index is 0.0207. The second-order valence-electron chi connectivity index (χ2n) is 6.66. The molecule has 8 nitrogen and oxygen atoms in total. The van der Waals surface area contributed by atoms with Crippen LogP contribution >= 0.6 is 0 Å². The molecule has 1 aliphatic carbocycles. The third-order valence-corrected chi connectivity index (χ3v) is 4.79. The van der Waals surface area contributed by atoms with E-state index in [1.165, 1.54) is 0 Å². The number of carbonyl (C=O) groups excluding carboxylic acids is 2. The number of ketones is 1. The zero-order valence-electron chi connectivity index (χ0n) is 14.7. The number of aryl methyl sites for hydroxylation is 2. The van der Waals surface area contributed by atoms with Gasteiger partial charge in [-0.1, -0.05) is 5.16 Å². The van der Waals surface area contributed by atoms with Crippen LogP contribution in [-0.4, -0.2) is 35.0 Å². The number of fused-ring (bicyclic) bond motifs is 1. The highest BCUT2D eigenvalue weighted by Crippen LogP contribution is 2.29. The lowest BCUT2D eigenvalue weighted by Crippen LogP contribution is -2.28. The molecule has 2 aromatic rings. The van der Waals surface area contributed by atoms with Gasteiger partial charge < -0.3 is 19.0 Å². The van der Waals surface area contributed by atoms with Gasteiger partial charge >= 0.3 is 0 Å². The topological polar surface area (TPSA) is 107 Å². The van der Waals surface area contributed by atoms with Crippen molar-refractivity contribution in [1.82, 2.24) is 15.5 Å². The maximum Gasteiger partial charge on any atom is 0.255 e. The molecule has 0 spiro atoms. The largest absolute Gasteiger partial charge is 0.465 e. The van der Waals surface area contributed by atoms with Gasteiger partial charge in [-0.25, -0.2) is 0 Å². The molecule has 0 radical (unpaired) electrons. The summed E-state index contributed by atoms with van der Waals surface area (Å²) >= 11 is 0. The molecular formula is C18H21N3O5. The first-order valence-corrected chi connectivity index (χ1v) is 9.01. The summed E-state index contributed by atoms with van der Waals surface area (Å²) in [5.41, 5.74) is 0.810. The molecule has 138 valence electrons. The maximum atomic E-state index is 12.5. The van der Waals surface area contributed by atoms with E-state index in [1.54, 1.807) is 6.92 Å². The first-order valence-electron chi connectivity index (χ1n) is 9.01. The fourth-order valence-corrected chi connectivity index (χ4v) is 3.53. The Hall–Kier alpha value is -2.48. The van der Waals surface area contributed by atoms with Crippen LogP contribution in [0.15, 0.2) is 8.94 Å². The van der Waals surface area contributed by atoms with Crippen LogP contribution in [0.25, 0.3) is 0 Å². The number of Topliss-reactive ketones (excluding diaryl/α,β-unsaturated/α-hetero) is 1. The van der Waals surface area contributed by atoms with E-state index in [-0.39, 0.29) is 17.8 Å². The van der Waals surface area contributed by atoms with Gasteiger partial charge in [0.1, 0.15) is 17.6 Å². The predicted molar refractivity (Wildman–Crippen MR) is 89.0 cm³/mol. The van der Waals surface area contributed by atoms with Crippen molar-refractivity contribution in [2.75, 3.05) is 13.2 Å². The molecule has 3 heterocycles. The molecule has 1 aliphatic heterocycles. The van der Waals surface area contributed by atoms with Crippen molar-refractivity contribution in [1.29, 1.82) is 0 Å². The van der Waals surface area contributed by atoms with E-state index < -0.39 is 0 Å². The minimum Gasteiger partial charge on any atom is -0.465 e. The summed E-state index contributed by atoms with van der Waals surface area (Å²) in [6.07, 6.45) is 4.13. The number of hydrogen-bond acceptors (Lipinski definition) is 7. The van der Waals surface area contributed by atoms with Crippen LogP contribution in [0, 0.1) is 6.92 Å². The number of nitrogens with one attached hydrogen (secondary N) is 1. The summed E-state index contributed by atoms with van der Waals surface area (Å²) in [6.45, 7) is 2.77. The lowest BCUT2D eigenvalue weighted by molar-refractivity contribution is 0.0835. The Morgan fingerprint density at radius 3 is 3.00 bits per heavy atom. The van der Waals surface area contributed by atoms with Gasteiger partial charge in [-0.15, -0.1) is 0 Å². The van der Waals surface area contributed by atoms with Crippen LogP contribution in [0.4, 0.5) is 0 Å². The zero-order valence-corrected chi connectivity index (χ0v) is 14.7. The highest BCUT2D eigenvalue weighted by atomic mass is 16.5. The molecule has 1 N–H and O–H groups in total. The molecule has 1 atom stereocenters. The number of nitrogens with zero attached hydrogens (tertiary/aromatic N) is 2. The first kappa shape index (κ1) is 17.0. The quantitative estimate of drug-likeness (QED) is 0.873. The van der Waals surface area contributed by atoms with Crippen LogP contribution in [0.3, 0.4) is 0 Å². The average molecular weight is 359 g/mol. The highest BCUT2D eigenvalue weighted by Gasteiger charge is 2.30. The van der Waals surface area contributed by atoms with Gasteiger partial charge in [0.05, 0.1) is 11.1 Å². The molecule has 0 aromatic carbocycles. The van der Waals surface area contributed by atoms with E-state index in [4.69, 9.17) is 13.7 Å². The van der Waals surface area contributed by atoms with Gasteiger partial charge in [0, 0.05) is 32.4 Å². The van der Waals surface area contributed by atoms with Gasteiger partial charge in [0.25, 0.3) is 11.8 Å². The Morgan fingerprint density at radius 1 is 1.31 bits per heavy atom. The smallest absolute Gasteiger partial charge is 0.255 e. The molecule has 0 unspecified atom stereocenters. The van der Waals surface area contributed by atoms with E-state index in [1.807, 2.05) is 0 Å². The maximum absolute atomic E-state index is 12.5. The number of rotatable bonds is 5. The second kappa shape index (κ2) is 7.03. The van der Waals surface area contributed by atoms with Gasteiger partial charge in [-0.05, 0) is 26.2 Å². The number of aromatic nitrogens is 2. The molecule has 0 saturated carbocycles. The highest BCUT2D eigenvalue weighted by molar-refractivity contribution is 6.09. The monoisotopic (exact) mass is 359 g/mol. The molecule has 2 aromatic heterocycles. The molecule has 1 saturated heterocycles. The van der Waals surface area contributed by atoms with Crippen LogP contribution in [0.2, 0.25) is 0 Å². The van der Waals surface area contributed by atoms with Crippen molar-refractivity contribution in [3.63, 3.8) is 0 Å². The molecule has 1 fully saturated rings. The summed E-state index contributed by atoms with van der Waals surface area (Å²) < 4.78 is 16.4. The molecular weight excluding hydrogens is 338 g/mol. The Morgan fingerprint density at radius 2 is 2.19 bits per heavy atom. The SMILES string of the molecule is Cc1oc2c(c1C(=O)NCCc1noc([C@H]3CCCO3)n1)C(=O)CCC2. The predicted octanol–water partition coefficient (Wildman–Crippen LogP) is 2.31. The van der Waals surface area contributed by atoms with Crippen LogP contribution in [0.5, 0.6) is 0 Å². The molecule has 1 amide bonds. The summed E-state index contributed by atoms with van der Waals surface area (Å²) in [7, 11) is 0. The molecule has 0 bridgehead atoms. The standard InChI is InChI=1S/C18H21N3O5/c1-10-15(16-11(22)4-2-5-12(16)25-10)17(23)19-8-7-14-20-18(26-21-14)13-6-3-9-24-13/h13H,2-9H2,1H3,(H,19,23)/t13-/m1/s1. The molecule has 2 aliphatic rings. The third-order valence-electron chi connectivity index (χ3n) is 4.79. The number of amides is 1. The Bertz CT molecular complexity index is 832. The van der Waals surface area contributed by atoms with Crippen LogP contribution < -0.4 is 5.32 Å². The van der Waals surface area contributed by atoms with Crippen molar-refractivity contribution < 1.29 is 23.3 Å². The van der Waals surface area contributed by atoms with Crippen molar-refractivity contribution in [2.24, 2.45) is 0 Å². The summed E-state index contributed by atoms with van der Waals surface area (Å²) in [6, 6.07) is 0. The fraction of sp³-hybridized carbons (Fsp3) is 0.556. The lowest BCUT2D eigenvalue weighted by atomic mass is 9.93. The first-order chi connectivity index (χ1) is 12.6. The summed E-state index contributed by atoms with van der Waals surface area (Å²) in [4.78, 5) is 29.0. The number of ether oxygens (including phenoxy) is 1. The fourth-order valence-electron chi connectivity index (χ4n) is 3.53. The van der Waals surface area contributed by atoms with Gasteiger partial charge in [-0.2, -0.15) is 4.98 Å². The van der Waals surface area contributed by atoms with Crippen molar-refractivity contribution in [2.45, 2.75) is 51.6 Å². The van der Waals surface area contributed by atoms with Crippen molar-refractivity contribution in [3.8, 4) is 0 Å². The van der Waals surface area contributed by atoms with Crippen molar-refractivity contribution in [3.05, 3.63) is 34.4 Å². The number of carbonyl (C=O) groups is 2. The Labute approximate surface area is 150 Å². The Kier molecular flexibility index (Phi) is 4.58. The average Bonchev–Trinajstić information content (AvgIpc) is 3.33. The summed E-state index contributed by atoms with van der Waals surface area (Å²) in [5, 5.41) is 6.75. The zero-order chi connectivity index (χ0) is 18.1. The van der Waals surface area contributed by atoms with E-state index in [9.17, 15) is 9.59 Å². The van der Waals surface area contributed by atoms with Crippen LogP contribution in [0.1, 0.15) is 75.7 Å². The molecule has 26 heavy (non-hydrogen) atoms. The number of hydrogen-bond donors (Lipinski definition) is 1. The van der Waals surface area contributed by atoms with Crippen molar-refractivity contribution >= 4 is 11.7 Å². The van der Waals surface area contributed by atoms with Gasteiger partial charge in [0.15, 0.2) is 11.6 Å². The third kappa shape index (κ3) is 3.16. The molecule has 4 rings (SSSR count). The van der Waals surface area contributed by atoms with E-state index in [0.717, 1.165) is 19.3 Å². The van der Waals surface area contributed by atoms with E-state index in [0.29, 0.717) is 66.8 Å². The van der Waals surface area contributed by atoms with Crippen LogP contribution in [-0.2, 0) is 17.6 Å². The second-order valence-corrected chi connectivity index (χ2v) is 6.66. The van der Waals surface area contributed by atoms with Gasteiger partial charge in [-0.3, -0.25) is 9.59 Å². The normalized spacial score (nSPS) is 19.6. The molecule has 8 heteroatoms. The van der Waals surface area contributed by atoms with E-state index >= 15 is 0 Å².